The molecule has 2 saturated heterocycles. The zero-order valence-corrected chi connectivity index (χ0v) is 21.4. The third kappa shape index (κ3) is 2.58. The standard InChI is InChI=1S/C27H38O8/c1-23(2)15(11-19(29)32-6)24(3,22-20(34-22)21(23)30)16-10-17(28)25(4)14(13-7-8-33-12-13)9-18-27(25,35-18)26(16,5)31/h7-8,12,14-18,20-22,28,30-31H,9-11H2,1-6H3. The summed E-state index contributed by atoms with van der Waals surface area (Å²) in [6, 6.07) is 1.93. The lowest BCUT2D eigenvalue weighted by atomic mass is 9.42. The zero-order chi connectivity index (χ0) is 25.3. The highest BCUT2D eigenvalue weighted by molar-refractivity contribution is 5.70. The van der Waals surface area contributed by atoms with Crippen LogP contribution in [0, 0.1) is 28.1 Å². The first-order valence-corrected chi connectivity index (χ1v) is 12.8. The molecule has 3 aliphatic carbocycles. The van der Waals surface area contributed by atoms with Crippen molar-refractivity contribution >= 4 is 5.97 Å². The Labute approximate surface area is 205 Å². The van der Waals surface area contributed by atoms with E-state index in [2.05, 4.69) is 6.92 Å². The summed E-state index contributed by atoms with van der Waals surface area (Å²) in [4.78, 5) is 12.6. The molecule has 1 aromatic heterocycles. The van der Waals surface area contributed by atoms with Crippen LogP contribution in [0.4, 0.5) is 0 Å². The molecule has 8 nitrogen and oxygen atoms in total. The normalized spacial score (nSPS) is 55.5. The Kier molecular flexibility index (Phi) is 4.71. The first-order chi connectivity index (χ1) is 16.3. The van der Waals surface area contributed by atoms with E-state index in [-0.39, 0.29) is 42.5 Å². The molecule has 6 rings (SSSR count). The number of rotatable bonds is 4. The number of furan rings is 1. The number of hydrogen-bond donors (Lipinski definition) is 3. The summed E-state index contributed by atoms with van der Waals surface area (Å²) in [5, 5.41) is 35.4. The maximum absolute atomic E-state index is 12.6. The molecule has 12 unspecified atom stereocenters. The van der Waals surface area contributed by atoms with E-state index in [0.29, 0.717) is 12.8 Å². The number of aliphatic hydroxyl groups excluding tert-OH is 2. The van der Waals surface area contributed by atoms with Gasteiger partial charge in [-0.15, -0.1) is 0 Å². The molecule has 12 atom stereocenters. The van der Waals surface area contributed by atoms with Crippen LogP contribution < -0.4 is 0 Å². The molecule has 0 bridgehead atoms. The number of ether oxygens (including phenoxy) is 3. The van der Waals surface area contributed by atoms with Crippen LogP contribution >= 0.6 is 0 Å². The Hall–Kier alpha value is -1.45. The first-order valence-electron chi connectivity index (χ1n) is 12.8. The molecule has 194 valence electrons. The van der Waals surface area contributed by atoms with E-state index in [9.17, 15) is 20.1 Å². The Balaban J connectivity index is 1.45. The van der Waals surface area contributed by atoms with E-state index in [1.165, 1.54) is 7.11 Å². The number of methoxy groups -OCH3 is 1. The van der Waals surface area contributed by atoms with Crippen molar-refractivity contribution in [3.63, 3.8) is 0 Å². The first kappa shape index (κ1) is 23.9. The third-order valence-electron chi connectivity index (χ3n) is 11.4. The van der Waals surface area contributed by atoms with Crippen LogP contribution in [-0.2, 0) is 19.0 Å². The fraction of sp³-hybridized carbons (Fsp3) is 0.815. The summed E-state index contributed by atoms with van der Waals surface area (Å²) < 4.78 is 22.9. The summed E-state index contributed by atoms with van der Waals surface area (Å²) >= 11 is 0. The van der Waals surface area contributed by atoms with E-state index in [0.717, 1.165) is 5.56 Å². The quantitative estimate of drug-likeness (QED) is 0.434. The summed E-state index contributed by atoms with van der Waals surface area (Å²) in [7, 11) is 1.37. The van der Waals surface area contributed by atoms with Crippen LogP contribution in [0.2, 0.25) is 0 Å². The van der Waals surface area contributed by atoms with Gasteiger partial charge in [0.2, 0.25) is 0 Å². The number of epoxide rings is 2. The lowest BCUT2D eigenvalue weighted by Crippen LogP contribution is -2.71. The SMILES string of the molecule is COC(=O)CC1C(C)(C)C(O)C2OC2C1(C)C1CC(O)C2(C)C(c3ccoc3)CC3OC32C1(C)O. The van der Waals surface area contributed by atoms with Crippen LogP contribution in [-0.4, -0.2) is 70.1 Å². The second-order valence-corrected chi connectivity index (χ2v) is 12.9. The summed E-state index contributed by atoms with van der Waals surface area (Å²) in [6.45, 7) is 9.85. The molecule has 3 saturated carbocycles. The van der Waals surface area contributed by atoms with Gasteiger partial charge in [-0.05, 0) is 42.7 Å². The minimum atomic E-state index is -1.30. The Morgan fingerprint density at radius 3 is 2.51 bits per heavy atom. The second kappa shape index (κ2) is 6.90. The molecule has 0 amide bonds. The van der Waals surface area contributed by atoms with Crippen molar-refractivity contribution in [1.82, 2.24) is 0 Å². The number of esters is 1. The number of fused-ring (bicyclic) bond motifs is 1. The van der Waals surface area contributed by atoms with Crippen LogP contribution in [0.1, 0.15) is 65.4 Å². The predicted octanol–water partition coefficient (Wildman–Crippen LogP) is 2.40. The van der Waals surface area contributed by atoms with Crippen LogP contribution in [0.3, 0.4) is 0 Å². The van der Waals surface area contributed by atoms with E-state index in [1.54, 1.807) is 12.5 Å². The average molecular weight is 491 g/mol. The molecular formula is C27H38O8. The monoisotopic (exact) mass is 490 g/mol. The van der Waals surface area contributed by atoms with Gasteiger partial charge < -0.3 is 33.9 Å². The highest BCUT2D eigenvalue weighted by Crippen LogP contribution is 2.78. The highest BCUT2D eigenvalue weighted by Gasteiger charge is 2.88. The molecule has 5 aliphatic rings. The molecule has 8 heteroatoms. The molecule has 1 spiro atoms. The smallest absolute Gasteiger partial charge is 0.305 e. The molecule has 5 fully saturated rings. The van der Waals surface area contributed by atoms with Crippen LogP contribution in [0.15, 0.2) is 23.0 Å². The van der Waals surface area contributed by atoms with Crippen molar-refractivity contribution in [2.75, 3.05) is 7.11 Å². The number of carbonyl (C=O) groups excluding carboxylic acids is 1. The van der Waals surface area contributed by atoms with Crippen molar-refractivity contribution in [2.45, 2.75) is 102 Å². The lowest BCUT2D eigenvalue weighted by molar-refractivity contribution is -0.242. The van der Waals surface area contributed by atoms with Gasteiger partial charge in [0.05, 0.1) is 49.7 Å². The van der Waals surface area contributed by atoms with E-state index >= 15 is 0 Å². The van der Waals surface area contributed by atoms with Crippen molar-refractivity contribution < 1.29 is 38.7 Å². The maximum atomic E-state index is 12.6. The average Bonchev–Trinajstić information content (AvgIpc) is 3.67. The minimum absolute atomic E-state index is 0.00404. The van der Waals surface area contributed by atoms with Crippen LogP contribution in [0.25, 0.3) is 0 Å². The summed E-state index contributed by atoms with van der Waals surface area (Å²) in [5.74, 6) is -1.13. The molecule has 1 aromatic rings. The van der Waals surface area contributed by atoms with Crippen molar-refractivity contribution in [2.24, 2.45) is 28.1 Å². The number of carbonyl (C=O) groups is 1. The zero-order valence-electron chi connectivity index (χ0n) is 21.4. The van der Waals surface area contributed by atoms with Gasteiger partial charge in [0.15, 0.2) is 0 Å². The number of hydrogen-bond acceptors (Lipinski definition) is 8. The van der Waals surface area contributed by atoms with Crippen molar-refractivity contribution in [1.29, 1.82) is 0 Å². The maximum Gasteiger partial charge on any atom is 0.305 e. The van der Waals surface area contributed by atoms with E-state index in [4.69, 9.17) is 18.6 Å². The topological polar surface area (TPSA) is 125 Å². The van der Waals surface area contributed by atoms with E-state index < -0.39 is 45.6 Å². The van der Waals surface area contributed by atoms with Gasteiger partial charge in [-0.2, -0.15) is 0 Å². The Morgan fingerprint density at radius 2 is 1.89 bits per heavy atom. The van der Waals surface area contributed by atoms with Crippen molar-refractivity contribution in [3.8, 4) is 0 Å². The molecular weight excluding hydrogens is 452 g/mol. The van der Waals surface area contributed by atoms with Crippen molar-refractivity contribution in [3.05, 3.63) is 24.2 Å². The molecule has 3 N–H and O–H groups in total. The van der Waals surface area contributed by atoms with Gasteiger partial charge in [-0.1, -0.05) is 27.7 Å². The van der Waals surface area contributed by atoms with E-state index in [1.807, 2.05) is 33.8 Å². The Morgan fingerprint density at radius 1 is 1.17 bits per heavy atom. The molecule has 0 radical (unpaired) electrons. The molecule has 2 aliphatic heterocycles. The van der Waals surface area contributed by atoms with Gasteiger partial charge in [0, 0.05) is 29.1 Å². The summed E-state index contributed by atoms with van der Waals surface area (Å²) in [6.07, 6.45) is 2.15. The predicted molar refractivity (Wildman–Crippen MR) is 123 cm³/mol. The van der Waals surface area contributed by atoms with Gasteiger partial charge in [-0.25, -0.2) is 0 Å². The van der Waals surface area contributed by atoms with Gasteiger partial charge in [0.25, 0.3) is 0 Å². The Bertz CT molecular complexity index is 1030. The second-order valence-electron chi connectivity index (χ2n) is 12.9. The van der Waals surface area contributed by atoms with Gasteiger partial charge >= 0.3 is 5.97 Å². The summed E-state index contributed by atoms with van der Waals surface area (Å²) in [5.41, 5.74) is -3.29. The number of aliphatic hydroxyl groups is 3. The minimum Gasteiger partial charge on any atom is -0.472 e. The highest BCUT2D eigenvalue weighted by atomic mass is 16.6. The fourth-order valence-corrected chi connectivity index (χ4v) is 9.51. The lowest BCUT2D eigenvalue weighted by Gasteiger charge is -2.62. The van der Waals surface area contributed by atoms with Gasteiger partial charge in [0.1, 0.15) is 11.7 Å². The van der Waals surface area contributed by atoms with Crippen LogP contribution in [0.5, 0.6) is 0 Å². The largest absolute Gasteiger partial charge is 0.472 e. The molecule has 0 aromatic carbocycles. The fourth-order valence-electron chi connectivity index (χ4n) is 9.51. The third-order valence-corrected chi connectivity index (χ3v) is 11.4. The molecule has 35 heavy (non-hydrogen) atoms. The molecule has 3 heterocycles. The van der Waals surface area contributed by atoms with Gasteiger partial charge in [-0.3, -0.25) is 4.79 Å².